The van der Waals surface area contributed by atoms with E-state index in [1.165, 1.54) is 43.5 Å². The summed E-state index contributed by atoms with van der Waals surface area (Å²) in [7, 11) is 1.20. The van der Waals surface area contributed by atoms with Crippen LogP contribution in [0.2, 0.25) is 0 Å². The molecule has 13 heteroatoms. The lowest BCUT2D eigenvalue weighted by atomic mass is 9.99. The largest absolute Gasteiger partial charge is 0.508 e. The number of aliphatic hydroxyl groups is 3. The van der Waals surface area contributed by atoms with Crippen molar-refractivity contribution in [3.8, 4) is 40.2 Å². The van der Waals surface area contributed by atoms with Gasteiger partial charge in [-0.25, -0.2) is 4.79 Å². The molecule has 4 rings (SSSR count). The van der Waals surface area contributed by atoms with E-state index in [0.717, 1.165) is 12.1 Å². The fraction of sp³-hybridized carbons (Fsp3) is 0.250. The van der Waals surface area contributed by atoms with Crippen LogP contribution >= 0.6 is 0 Å². The molecular formula is C28H28O13. The average molecular weight is 573 g/mol. The van der Waals surface area contributed by atoms with Gasteiger partial charge >= 0.3 is 5.97 Å². The molecule has 0 amide bonds. The van der Waals surface area contributed by atoms with Crippen molar-refractivity contribution in [1.29, 1.82) is 0 Å². The number of benzene rings is 3. The predicted octanol–water partition coefficient (Wildman–Crippen LogP) is 1.44. The second-order valence-electron chi connectivity index (χ2n) is 9.09. The van der Waals surface area contributed by atoms with Crippen molar-refractivity contribution < 1.29 is 64.6 Å². The van der Waals surface area contributed by atoms with Gasteiger partial charge in [-0.2, -0.15) is 0 Å². The summed E-state index contributed by atoms with van der Waals surface area (Å²) in [4.78, 5) is 12.9. The molecular weight excluding hydrogens is 544 g/mol. The molecule has 1 aliphatic heterocycles. The summed E-state index contributed by atoms with van der Waals surface area (Å²) in [5.74, 6) is -3.40. The predicted molar refractivity (Wildman–Crippen MR) is 141 cm³/mol. The lowest BCUT2D eigenvalue weighted by Gasteiger charge is -2.41. The average Bonchev–Trinajstić information content (AvgIpc) is 2.92. The van der Waals surface area contributed by atoms with Crippen LogP contribution in [0.1, 0.15) is 21.5 Å². The number of aromatic hydroxyl groups is 5. The van der Waals surface area contributed by atoms with Gasteiger partial charge in [-0.05, 0) is 47.5 Å². The molecule has 0 spiro atoms. The van der Waals surface area contributed by atoms with Crippen molar-refractivity contribution in [1.82, 2.24) is 0 Å². The van der Waals surface area contributed by atoms with Crippen molar-refractivity contribution >= 4 is 18.1 Å². The van der Waals surface area contributed by atoms with Gasteiger partial charge < -0.3 is 59.8 Å². The molecule has 0 saturated carbocycles. The molecule has 0 bridgehead atoms. The first kappa shape index (κ1) is 29.3. The third-order valence-electron chi connectivity index (χ3n) is 6.18. The van der Waals surface area contributed by atoms with Gasteiger partial charge in [0, 0.05) is 6.07 Å². The molecule has 8 N–H and O–H groups in total. The highest BCUT2D eigenvalue weighted by atomic mass is 16.7. The van der Waals surface area contributed by atoms with Crippen LogP contribution in [0.3, 0.4) is 0 Å². The number of methoxy groups -OCH3 is 1. The summed E-state index contributed by atoms with van der Waals surface area (Å²) >= 11 is 0. The van der Waals surface area contributed by atoms with Gasteiger partial charge in [0.15, 0.2) is 29.1 Å². The first-order chi connectivity index (χ1) is 19.5. The van der Waals surface area contributed by atoms with Crippen molar-refractivity contribution in [2.45, 2.75) is 30.7 Å². The Labute approximate surface area is 232 Å². The van der Waals surface area contributed by atoms with E-state index in [2.05, 4.69) is 0 Å². The summed E-state index contributed by atoms with van der Waals surface area (Å²) in [6.07, 6.45) is -5.07. The minimum absolute atomic E-state index is 0.145. The Morgan fingerprint density at radius 2 is 1.49 bits per heavy atom. The minimum Gasteiger partial charge on any atom is -0.508 e. The van der Waals surface area contributed by atoms with Gasteiger partial charge in [0.1, 0.15) is 29.8 Å². The molecule has 1 saturated heterocycles. The first-order valence-corrected chi connectivity index (χ1v) is 12.1. The summed E-state index contributed by atoms with van der Waals surface area (Å²) < 4.78 is 21.4. The molecule has 0 aromatic heterocycles. The van der Waals surface area contributed by atoms with Crippen molar-refractivity contribution in [3.63, 3.8) is 0 Å². The molecule has 218 valence electrons. The van der Waals surface area contributed by atoms with Gasteiger partial charge in [-0.15, -0.1) is 0 Å². The van der Waals surface area contributed by atoms with Crippen LogP contribution in [-0.4, -0.2) is 91.2 Å². The van der Waals surface area contributed by atoms with E-state index in [-0.39, 0.29) is 34.3 Å². The number of phenols is 5. The maximum Gasteiger partial charge on any atom is 0.339 e. The molecule has 3 aromatic rings. The van der Waals surface area contributed by atoms with Crippen LogP contribution in [0.4, 0.5) is 0 Å². The van der Waals surface area contributed by atoms with Crippen molar-refractivity contribution in [3.05, 3.63) is 65.2 Å². The Morgan fingerprint density at radius 1 is 0.854 bits per heavy atom. The molecule has 0 radical (unpaired) electrons. The molecule has 5 atom stereocenters. The number of ether oxygens (including phenoxy) is 4. The normalized spacial score (nSPS) is 22.4. The van der Waals surface area contributed by atoms with Crippen molar-refractivity contribution in [2.24, 2.45) is 0 Å². The number of carbonyl (C=O) groups is 1. The standard InChI is InChI=1S/C28H28O13/c1-38-25-19(33)9-15(10-20(25)34)27(37)41-26-24(36)23(35)22(12-29)40-28(26)39-21-8-13(4-5-18(21)32)2-3-14-6-16(30)11-17(31)7-14/h2-11,22-24,26,28-36H,12H2,1H3/b3-2+/t22-,23-,24+,26-,28-/m1/s1. The number of carbonyl (C=O) groups excluding carboxylic acids is 1. The highest BCUT2D eigenvalue weighted by Crippen LogP contribution is 2.38. The maximum absolute atomic E-state index is 12.9. The van der Waals surface area contributed by atoms with Crippen LogP contribution in [0.15, 0.2) is 48.5 Å². The van der Waals surface area contributed by atoms with E-state index in [9.17, 15) is 45.6 Å². The van der Waals surface area contributed by atoms with E-state index < -0.39 is 54.8 Å². The van der Waals surface area contributed by atoms with Crippen LogP contribution in [0, 0.1) is 0 Å². The van der Waals surface area contributed by atoms with E-state index in [1.807, 2.05) is 0 Å². The van der Waals surface area contributed by atoms with Crippen molar-refractivity contribution in [2.75, 3.05) is 13.7 Å². The Bertz CT molecular complexity index is 1390. The SMILES string of the molecule is COc1c(O)cc(C(=O)O[C@H]2[C@H](Oc3cc(/C=C/c4cc(O)cc(O)c4)ccc3O)O[C@H](CO)[C@@H](O)[C@@H]2O)cc1O. The fourth-order valence-corrected chi connectivity index (χ4v) is 4.15. The number of aliphatic hydroxyl groups excluding tert-OH is 3. The van der Waals surface area contributed by atoms with Gasteiger partial charge in [-0.3, -0.25) is 0 Å². The smallest absolute Gasteiger partial charge is 0.339 e. The lowest BCUT2D eigenvalue weighted by Crippen LogP contribution is -2.61. The summed E-state index contributed by atoms with van der Waals surface area (Å²) in [5.41, 5.74) is 0.617. The second-order valence-corrected chi connectivity index (χ2v) is 9.09. The Kier molecular flexibility index (Phi) is 8.74. The summed E-state index contributed by atoms with van der Waals surface area (Å²) in [5, 5.41) is 80.5. The monoisotopic (exact) mass is 572 g/mol. The Balaban J connectivity index is 1.60. The zero-order valence-electron chi connectivity index (χ0n) is 21.5. The Hall–Kier alpha value is -4.69. The highest BCUT2D eigenvalue weighted by Gasteiger charge is 2.48. The number of rotatable bonds is 8. The Morgan fingerprint density at radius 3 is 2.10 bits per heavy atom. The van der Waals surface area contributed by atoms with Gasteiger partial charge in [0.25, 0.3) is 0 Å². The van der Waals surface area contributed by atoms with E-state index >= 15 is 0 Å². The third kappa shape index (κ3) is 6.56. The molecule has 1 aliphatic rings. The number of hydrogen-bond acceptors (Lipinski definition) is 13. The maximum atomic E-state index is 12.9. The van der Waals surface area contributed by atoms with Crippen LogP contribution in [0.25, 0.3) is 12.2 Å². The van der Waals surface area contributed by atoms with Crippen LogP contribution < -0.4 is 9.47 Å². The van der Waals surface area contributed by atoms with Gasteiger partial charge in [-0.1, -0.05) is 18.2 Å². The van der Waals surface area contributed by atoms with E-state index in [0.29, 0.717) is 11.1 Å². The number of esters is 1. The van der Waals surface area contributed by atoms with Crippen LogP contribution in [0.5, 0.6) is 40.2 Å². The minimum atomic E-state index is -1.82. The molecule has 1 fully saturated rings. The molecule has 1 heterocycles. The van der Waals surface area contributed by atoms with Crippen LogP contribution in [-0.2, 0) is 9.47 Å². The summed E-state index contributed by atoms with van der Waals surface area (Å²) in [6.45, 7) is -0.732. The third-order valence-corrected chi connectivity index (χ3v) is 6.18. The molecule has 0 unspecified atom stereocenters. The summed E-state index contributed by atoms with van der Waals surface area (Å²) in [6, 6.07) is 10.1. The zero-order valence-corrected chi connectivity index (χ0v) is 21.5. The molecule has 3 aromatic carbocycles. The topological polar surface area (TPSA) is 216 Å². The number of hydrogen-bond donors (Lipinski definition) is 8. The molecule has 13 nitrogen and oxygen atoms in total. The highest BCUT2D eigenvalue weighted by molar-refractivity contribution is 5.91. The lowest BCUT2D eigenvalue weighted by molar-refractivity contribution is -0.276. The number of phenolic OH excluding ortho intramolecular Hbond substituents is 5. The first-order valence-electron chi connectivity index (χ1n) is 12.1. The van der Waals surface area contributed by atoms with E-state index in [4.69, 9.17) is 18.9 Å². The second kappa shape index (κ2) is 12.2. The fourth-order valence-electron chi connectivity index (χ4n) is 4.15. The van der Waals surface area contributed by atoms with E-state index in [1.54, 1.807) is 12.2 Å². The van der Waals surface area contributed by atoms with Gasteiger partial charge in [0.05, 0.1) is 19.3 Å². The molecule has 41 heavy (non-hydrogen) atoms. The van der Waals surface area contributed by atoms with Gasteiger partial charge in [0.2, 0.25) is 12.0 Å². The quantitative estimate of drug-likeness (QED) is 0.142. The zero-order chi connectivity index (χ0) is 29.8. The molecule has 0 aliphatic carbocycles.